The van der Waals surface area contributed by atoms with Gasteiger partial charge in [-0.05, 0) is 43.0 Å². The summed E-state index contributed by atoms with van der Waals surface area (Å²) in [5, 5.41) is 0. The molecular weight excluding hydrogens is 302 g/mol. The fraction of sp³-hybridized carbons (Fsp3) is 0.538. The summed E-state index contributed by atoms with van der Waals surface area (Å²) >= 11 is 7.47. The number of sulfonamides is 1. The Hall–Kier alpha value is -0.230. The van der Waals surface area contributed by atoms with Crippen LogP contribution in [0.3, 0.4) is 0 Å². The van der Waals surface area contributed by atoms with E-state index >= 15 is 0 Å². The first kappa shape index (κ1) is 16.8. The lowest BCUT2D eigenvalue weighted by molar-refractivity contribution is 0.382. The van der Waals surface area contributed by atoms with Gasteiger partial charge in [0.15, 0.2) is 0 Å². The molecule has 1 atom stereocenters. The third kappa shape index (κ3) is 4.38. The molecule has 108 valence electrons. The predicted molar refractivity (Wildman–Crippen MR) is 83.4 cm³/mol. The van der Waals surface area contributed by atoms with Crippen LogP contribution in [0.15, 0.2) is 29.2 Å². The monoisotopic (exact) mass is 321 g/mol. The molecule has 0 fully saturated rings. The van der Waals surface area contributed by atoms with Crippen molar-refractivity contribution in [3.05, 3.63) is 29.8 Å². The minimum absolute atomic E-state index is 0.0166. The van der Waals surface area contributed by atoms with E-state index in [1.165, 1.54) is 4.31 Å². The lowest BCUT2D eigenvalue weighted by atomic mass is 10.2. The van der Waals surface area contributed by atoms with Crippen LogP contribution < -0.4 is 0 Å². The molecule has 0 radical (unpaired) electrons. The number of hydrogen-bond acceptors (Lipinski definition) is 3. The average Bonchev–Trinajstić information content (AvgIpc) is 2.43. The van der Waals surface area contributed by atoms with Gasteiger partial charge < -0.3 is 0 Å². The first-order chi connectivity index (χ1) is 8.93. The Labute approximate surface area is 125 Å². The van der Waals surface area contributed by atoms with Gasteiger partial charge in [-0.15, -0.1) is 11.6 Å². The number of halogens is 1. The van der Waals surface area contributed by atoms with Crippen LogP contribution in [0.2, 0.25) is 0 Å². The Morgan fingerprint density at radius 1 is 1.42 bits per heavy atom. The predicted octanol–water partition coefficient (Wildman–Crippen LogP) is 3.19. The van der Waals surface area contributed by atoms with Crippen molar-refractivity contribution >= 4 is 33.4 Å². The van der Waals surface area contributed by atoms with E-state index in [-0.39, 0.29) is 6.04 Å². The van der Waals surface area contributed by atoms with Gasteiger partial charge in [-0.3, -0.25) is 0 Å². The van der Waals surface area contributed by atoms with Crippen LogP contribution in [0.1, 0.15) is 18.9 Å². The lowest BCUT2D eigenvalue weighted by Crippen LogP contribution is -2.35. The molecule has 3 nitrogen and oxygen atoms in total. The number of rotatable bonds is 7. The Bertz CT molecular complexity index is 505. The minimum atomic E-state index is -3.44. The maximum absolute atomic E-state index is 12.5. The van der Waals surface area contributed by atoms with Crippen LogP contribution in [0.25, 0.3) is 0 Å². The molecule has 0 saturated carbocycles. The fourth-order valence-electron chi connectivity index (χ4n) is 1.66. The molecule has 0 N–H and O–H groups in total. The summed E-state index contributed by atoms with van der Waals surface area (Å²) in [4.78, 5) is 0.309. The van der Waals surface area contributed by atoms with Crippen molar-refractivity contribution in [1.29, 1.82) is 0 Å². The molecule has 1 rings (SSSR count). The molecule has 0 bridgehead atoms. The van der Waals surface area contributed by atoms with Crippen molar-refractivity contribution in [2.24, 2.45) is 0 Å². The first-order valence-electron chi connectivity index (χ1n) is 6.05. The van der Waals surface area contributed by atoms with Crippen LogP contribution in [0.5, 0.6) is 0 Å². The Morgan fingerprint density at radius 3 is 2.68 bits per heavy atom. The normalized spacial score (nSPS) is 13.7. The van der Waals surface area contributed by atoms with Crippen molar-refractivity contribution < 1.29 is 8.42 Å². The Kier molecular flexibility index (Phi) is 6.66. The number of alkyl halides is 1. The maximum atomic E-state index is 12.5. The molecule has 6 heteroatoms. The van der Waals surface area contributed by atoms with Gasteiger partial charge in [0.1, 0.15) is 0 Å². The highest BCUT2D eigenvalue weighted by molar-refractivity contribution is 7.98. The van der Waals surface area contributed by atoms with Crippen LogP contribution in [-0.2, 0) is 15.9 Å². The minimum Gasteiger partial charge on any atom is -0.207 e. The summed E-state index contributed by atoms with van der Waals surface area (Å²) in [6.45, 7) is 1.93. The summed E-state index contributed by atoms with van der Waals surface area (Å²) in [7, 11) is -1.80. The second-order valence-corrected chi connectivity index (χ2v) is 7.68. The van der Waals surface area contributed by atoms with Gasteiger partial charge >= 0.3 is 0 Å². The van der Waals surface area contributed by atoms with Gasteiger partial charge in [0.05, 0.1) is 4.90 Å². The highest BCUT2D eigenvalue weighted by Crippen LogP contribution is 2.20. The molecule has 0 saturated heterocycles. The number of nitrogens with zero attached hydrogens (tertiary/aromatic N) is 1. The second-order valence-electron chi connectivity index (χ2n) is 4.43. The van der Waals surface area contributed by atoms with Gasteiger partial charge in [0, 0.05) is 19.0 Å². The standard InChI is InChI=1S/C13H20ClNO2S2/c1-11(7-8-18-3)15(2)19(16,17)13-6-4-5-12(9-13)10-14/h4-6,9,11H,7-8,10H2,1-3H3. The van der Waals surface area contributed by atoms with Crippen molar-refractivity contribution in [3.8, 4) is 0 Å². The molecule has 0 amide bonds. The van der Waals surface area contributed by atoms with Crippen molar-refractivity contribution in [2.45, 2.75) is 30.2 Å². The second kappa shape index (κ2) is 7.53. The third-order valence-electron chi connectivity index (χ3n) is 3.09. The smallest absolute Gasteiger partial charge is 0.207 e. The maximum Gasteiger partial charge on any atom is 0.243 e. The molecule has 0 aliphatic carbocycles. The van der Waals surface area contributed by atoms with E-state index in [0.717, 1.165) is 17.7 Å². The van der Waals surface area contributed by atoms with Crippen LogP contribution in [-0.4, -0.2) is 37.8 Å². The molecule has 0 spiro atoms. The summed E-state index contributed by atoms with van der Waals surface area (Å²) in [6.07, 6.45) is 2.86. The van der Waals surface area contributed by atoms with E-state index in [2.05, 4.69) is 0 Å². The van der Waals surface area contributed by atoms with Gasteiger partial charge in [0.2, 0.25) is 10.0 Å². The molecule has 1 aromatic rings. The zero-order valence-corrected chi connectivity index (χ0v) is 13.9. The van der Waals surface area contributed by atoms with Crippen LogP contribution in [0, 0.1) is 0 Å². The molecular formula is C13H20ClNO2S2. The largest absolute Gasteiger partial charge is 0.243 e. The lowest BCUT2D eigenvalue weighted by Gasteiger charge is -2.24. The van der Waals surface area contributed by atoms with E-state index in [9.17, 15) is 8.42 Å². The van der Waals surface area contributed by atoms with Crippen molar-refractivity contribution in [2.75, 3.05) is 19.1 Å². The molecule has 19 heavy (non-hydrogen) atoms. The average molecular weight is 322 g/mol. The zero-order chi connectivity index (χ0) is 14.5. The fourth-order valence-corrected chi connectivity index (χ4v) is 3.87. The van der Waals surface area contributed by atoms with Gasteiger partial charge in [-0.1, -0.05) is 12.1 Å². The molecule has 0 aliphatic heterocycles. The van der Waals surface area contributed by atoms with E-state index in [1.54, 1.807) is 37.0 Å². The highest BCUT2D eigenvalue weighted by Gasteiger charge is 2.25. The molecule has 0 heterocycles. The van der Waals surface area contributed by atoms with Crippen molar-refractivity contribution in [1.82, 2.24) is 4.31 Å². The van der Waals surface area contributed by atoms with Crippen molar-refractivity contribution in [3.63, 3.8) is 0 Å². The highest BCUT2D eigenvalue weighted by atomic mass is 35.5. The Morgan fingerprint density at radius 2 is 2.11 bits per heavy atom. The SMILES string of the molecule is CSCCC(C)N(C)S(=O)(=O)c1cccc(CCl)c1. The molecule has 0 aliphatic rings. The van der Waals surface area contributed by atoms with Gasteiger partial charge in [-0.25, -0.2) is 8.42 Å². The van der Waals surface area contributed by atoms with E-state index in [0.29, 0.717) is 10.8 Å². The zero-order valence-electron chi connectivity index (χ0n) is 11.5. The van der Waals surface area contributed by atoms with Gasteiger partial charge in [-0.2, -0.15) is 16.1 Å². The topological polar surface area (TPSA) is 37.4 Å². The summed E-state index contributed by atoms with van der Waals surface area (Å²) in [5.74, 6) is 1.26. The number of thioether (sulfide) groups is 1. The van der Waals surface area contributed by atoms with E-state index < -0.39 is 10.0 Å². The molecule has 0 aromatic heterocycles. The number of benzene rings is 1. The first-order valence-corrected chi connectivity index (χ1v) is 9.42. The van der Waals surface area contributed by atoms with Crippen LogP contribution >= 0.6 is 23.4 Å². The number of hydrogen-bond donors (Lipinski definition) is 0. The van der Waals surface area contributed by atoms with Gasteiger partial charge in [0.25, 0.3) is 0 Å². The quantitative estimate of drug-likeness (QED) is 0.724. The molecule has 1 unspecified atom stereocenters. The third-order valence-corrected chi connectivity index (χ3v) is 6.01. The van der Waals surface area contributed by atoms with Crippen LogP contribution in [0.4, 0.5) is 0 Å². The summed E-state index contributed by atoms with van der Waals surface area (Å²) in [5.41, 5.74) is 0.813. The summed E-state index contributed by atoms with van der Waals surface area (Å²) < 4.78 is 26.4. The Balaban J connectivity index is 2.95. The molecule has 1 aromatic carbocycles. The van der Waals surface area contributed by atoms with E-state index in [1.807, 2.05) is 19.2 Å². The van der Waals surface area contributed by atoms with E-state index in [4.69, 9.17) is 11.6 Å². The summed E-state index contributed by atoms with van der Waals surface area (Å²) in [6, 6.07) is 6.79.